The molecule has 4 nitrogen and oxygen atoms in total. The minimum atomic E-state index is -0.604. The maximum Gasteiger partial charge on any atom is 0.338 e. The molecule has 1 atom stereocenters. The summed E-state index contributed by atoms with van der Waals surface area (Å²) >= 11 is 0. The molecule has 3 aromatic rings. The van der Waals surface area contributed by atoms with Gasteiger partial charge in [0.1, 0.15) is 11.9 Å². The molecule has 5 heteroatoms. The van der Waals surface area contributed by atoms with Crippen LogP contribution in [0.4, 0.5) is 4.39 Å². The van der Waals surface area contributed by atoms with Crippen molar-refractivity contribution in [2.45, 2.75) is 13.0 Å². The second-order valence-electron chi connectivity index (χ2n) is 5.86. The van der Waals surface area contributed by atoms with Crippen molar-refractivity contribution in [2.75, 3.05) is 7.11 Å². The highest BCUT2D eigenvalue weighted by molar-refractivity contribution is 5.94. The molecule has 1 heterocycles. The molecule has 132 valence electrons. The Labute approximate surface area is 151 Å². The van der Waals surface area contributed by atoms with Crippen LogP contribution in [0.1, 0.15) is 38.7 Å². The van der Waals surface area contributed by atoms with Gasteiger partial charge in [-0.1, -0.05) is 43.0 Å². The molecule has 0 bridgehead atoms. The molecule has 0 saturated heterocycles. The van der Waals surface area contributed by atoms with E-state index in [0.29, 0.717) is 11.1 Å². The number of benzene rings is 2. The van der Waals surface area contributed by atoms with E-state index in [9.17, 15) is 4.79 Å². The molecule has 0 amide bonds. The second-order valence-corrected chi connectivity index (χ2v) is 5.86. The first-order valence-corrected chi connectivity index (χ1v) is 8.16. The van der Waals surface area contributed by atoms with Gasteiger partial charge < -0.3 is 4.74 Å². The molecular weight excluding hydrogens is 331 g/mol. The van der Waals surface area contributed by atoms with Crippen molar-refractivity contribution < 1.29 is 13.9 Å². The van der Waals surface area contributed by atoms with Gasteiger partial charge in [0.05, 0.1) is 12.7 Å². The zero-order valence-corrected chi connectivity index (χ0v) is 14.6. The van der Waals surface area contributed by atoms with Crippen LogP contribution in [0.25, 0.3) is 6.08 Å². The Balaban J connectivity index is 2.30. The second kappa shape index (κ2) is 7.35. The minimum absolute atomic E-state index is 0.144. The van der Waals surface area contributed by atoms with Gasteiger partial charge in [0, 0.05) is 18.0 Å². The number of halogens is 1. The molecule has 0 spiro atoms. The van der Waals surface area contributed by atoms with Gasteiger partial charge in [0.2, 0.25) is 0 Å². The molecule has 0 saturated carbocycles. The molecule has 0 fully saturated rings. The van der Waals surface area contributed by atoms with Crippen molar-refractivity contribution in [1.29, 1.82) is 0 Å². The molecule has 0 N–H and O–H groups in total. The van der Waals surface area contributed by atoms with Crippen LogP contribution in [0.3, 0.4) is 0 Å². The molecule has 0 aliphatic carbocycles. The summed E-state index contributed by atoms with van der Waals surface area (Å²) < 4.78 is 21.6. The quantitative estimate of drug-likeness (QED) is 0.641. The summed E-state index contributed by atoms with van der Waals surface area (Å²) in [7, 11) is 1.27. The highest BCUT2D eigenvalue weighted by Crippen LogP contribution is 2.33. The lowest BCUT2D eigenvalue weighted by molar-refractivity contribution is 0.0599. The summed E-state index contributed by atoms with van der Waals surface area (Å²) in [6, 6.07) is 12.7. The summed E-state index contributed by atoms with van der Waals surface area (Å²) in [5.74, 6) is -1.08. The number of carbonyl (C=O) groups is 1. The average Bonchev–Trinajstić information content (AvgIpc) is 3.19. The van der Waals surface area contributed by atoms with Gasteiger partial charge in [-0.25, -0.2) is 9.18 Å². The number of ether oxygens (including phenoxy) is 1. The van der Waals surface area contributed by atoms with Crippen molar-refractivity contribution in [1.82, 2.24) is 9.78 Å². The van der Waals surface area contributed by atoms with Gasteiger partial charge >= 0.3 is 5.97 Å². The summed E-state index contributed by atoms with van der Waals surface area (Å²) in [6.07, 6.45) is 4.82. The van der Waals surface area contributed by atoms with E-state index < -0.39 is 11.8 Å². The van der Waals surface area contributed by atoms with E-state index in [1.807, 2.05) is 36.5 Å². The summed E-state index contributed by atoms with van der Waals surface area (Å²) in [6.45, 7) is 5.32. The van der Waals surface area contributed by atoms with Crippen LogP contribution in [-0.4, -0.2) is 22.9 Å². The molecule has 2 aromatic carbocycles. The van der Waals surface area contributed by atoms with Crippen LogP contribution in [0.15, 0.2) is 61.4 Å². The summed E-state index contributed by atoms with van der Waals surface area (Å²) in [5, 5.41) is 4.34. The standard InChI is InChI=1S/C21H19FN2O2/c1-4-16-18(21(25)26-3)13-17(14(2)19(16)22)20(24-12-8-11-23-24)15-9-6-5-7-10-15/h4-13,20H,1H2,2-3H3. The number of carbonyl (C=O) groups excluding carboxylic acids is 1. The van der Waals surface area contributed by atoms with Crippen molar-refractivity contribution in [3.05, 3.63) is 95.1 Å². The Morgan fingerprint density at radius 2 is 2.04 bits per heavy atom. The Hall–Kier alpha value is -3.21. The third kappa shape index (κ3) is 3.04. The van der Waals surface area contributed by atoms with Gasteiger partial charge in [0.25, 0.3) is 0 Å². The lowest BCUT2D eigenvalue weighted by atomic mass is 9.90. The number of nitrogens with zero attached hydrogens (tertiary/aromatic N) is 2. The largest absolute Gasteiger partial charge is 0.465 e. The van der Waals surface area contributed by atoms with Crippen LogP contribution in [0.5, 0.6) is 0 Å². The highest BCUT2D eigenvalue weighted by atomic mass is 19.1. The smallest absolute Gasteiger partial charge is 0.338 e. The first-order chi connectivity index (χ1) is 12.6. The fourth-order valence-corrected chi connectivity index (χ4v) is 3.09. The number of aromatic nitrogens is 2. The Kier molecular flexibility index (Phi) is 4.98. The fraction of sp³-hybridized carbons (Fsp3) is 0.143. The first kappa shape index (κ1) is 17.6. The van der Waals surface area contributed by atoms with Crippen molar-refractivity contribution >= 4 is 12.0 Å². The normalized spacial score (nSPS) is 11.8. The lowest BCUT2D eigenvalue weighted by Gasteiger charge is -2.23. The molecule has 1 unspecified atom stereocenters. The molecular formula is C21H19FN2O2. The van der Waals surface area contributed by atoms with Gasteiger partial charge in [-0.15, -0.1) is 0 Å². The maximum atomic E-state index is 15.0. The van der Waals surface area contributed by atoms with Crippen LogP contribution in [-0.2, 0) is 4.74 Å². The van der Waals surface area contributed by atoms with E-state index in [1.54, 1.807) is 29.9 Å². The number of hydrogen-bond acceptors (Lipinski definition) is 3. The van der Waals surface area contributed by atoms with Gasteiger partial charge in [-0.2, -0.15) is 5.10 Å². The zero-order valence-electron chi connectivity index (χ0n) is 14.6. The predicted molar refractivity (Wildman–Crippen MR) is 98.5 cm³/mol. The molecule has 0 aliphatic rings. The third-order valence-electron chi connectivity index (χ3n) is 4.40. The molecule has 0 radical (unpaired) electrons. The third-order valence-corrected chi connectivity index (χ3v) is 4.40. The predicted octanol–water partition coefficient (Wildman–Crippen LogP) is 4.40. The number of hydrogen-bond donors (Lipinski definition) is 0. The van der Waals surface area contributed by atoms with Crippen LogP contribution in [0.2, 0.25) is 0 Å². The number of methoxy groups -OCH3 is 1. The topological polar surface area (TPSA) is 44.1 Å². The Morgan fingerprint density at radius 1 is 1.31 bits per heavy atom. The van der Waals surface area contributed by atoms with E-state index in [1.165, 1.54) is 13.2 Å². The lowest BCUT2D eigenvalue weighted by Crippen LogP contribution is -2.17. The highest BCUT2D eigenvalue weighted by Gasteiger charge is 2.25. The fourth-order valence-electron chi connectivity index (χ4n) is 3.09. The van der Waals surface area contributed by atoms with Crippen LogP contribution in [0, 0.1) is 12.7 Å². The molecule has 1 aromatic heterocycles. The van der Waals surface area contributed by atoms with Gasteiger partial charge in [-0.05, 0) is 35.7 Å². The molecule has 26 heavy (non-hydrogen) atoms. The first-order valence-electron chi connectivity index (χ1n) is 8.16. The Morgan fingerprint density at radius 3 is 2.62 bits per heavy atom. The molecule has 3 rings (SSSR count). The summed E-state index contributed by atoms with van der Waals surface area (Å²) in [4.78, 5) is 12.2. The number of esters is 1. The van der Waals surface area contributed by atoms with Crippen molar-refractivity contribution in [3.63, 3.8) is 0 Å². The van der Waals surface area contributed by atoms with E-state index in [4.69, 9.17) is 4.74 Å². The van der Waals surface area contributed by atoms with Crippen molar-refractivity contribution in [3.8, 4) is 0 Å². The zero-order chi connectivity index (χ0) is 18.7. The minimum Gasteiger partial charge on any atom is -0.465 e. The SMILES string of the molecule is C=Cc1c(C(=O)OC)cc(C(c2ccccc2)n2cccn2)c(C)c1F. The van der Waals surface area contributed by atoms with E-state index in [0.717, 1.165) is 5.56 Å². The molecule has 0 aliphatic heterocycles. The van der Waals surface area contributed by atoms with E-state index in [2.05, 4.69) is 11.7 Å². The van der Waals surface area contributed by atoms with E-state index in [-0.39, 0.29) is 17.2 Å². The number of rotatable bonds is 5. The van der Waals surface area contributed by atoms with Crippen LogP contribution < -0.4 is 0 Å². The average molecular weight is 350 g/mol. The van der Waals surface area contributed by atoms with Crippen molar-refractivity contribution in [2.24, 2.45) is 0 Å². The van der Waals surface area contributed by atoms with Crippen LogP contribution >= 0.6 is 0 Å². The van der Waals surface area contributed by atoms with Gasteiger partial charge in [-0.3, -0.25) is 4.68 Å². The maximum absolute atomic E-state index is 15.0. The van der Waals surface area contributed by atoms with Gasteiger partial charge in [0.15, 0.2) is 0 Å². The van der Waals surface area contributed by atoms with E-state index >= 15 is 4.39 Å². The summed E-state index contributed by atoms with van der Waals surface area (Å²) in [5.41, 5.74) is 2.31. The Bertz CT molecular complexity index is 934. The monoisotopic (exact) mass is 350 g/mol.